The van der Waals surface area contributed by atoms with Gasteiger partial charge in [0.1, 0.15) is 6.04 Å². The second-order valence-corrected chi connectivity index (χ2v) is 6.01. The predicted molar refractivity (Wildman–Crippen MR) is 104 cm³/mol. The summed E-state index contributed by atoms with van der Waals surface area (Å²) < 4.78 is 1.09. The van der Waals surface area contributed by atoms with Gasteiger partial charge < -0.3 is 16.0 Å². The summed E-state index contributed by atoms with van der Waals surface area (Å²) in [6, 6.07) is 8.59. The molecule has 0 fully saturated rings. The van der Waals surface area contributed by atoms with Crippen LogP contribution >= 0.6 is 0 Å². The normalized spacial score (nSPS) is 11.4. The third kappa shape index (κ3) is 5.76. The van der Waals surface area contributed by atoms with E-state index in [0.29, 0.717) is 17.7 Å². The van der Waals surface area contributed by atoms with Crippen LogP contribution in [0.3, 0.4) is 0 Å². The molecule has 3 N–H and O–H groups in total. The lowest BCUT2D eigenvalue weighted by Gasteiger charge is -2.13. The van der Waals surface area contributed by atoms with Gasteiger partial charge in [0.2, 0.25) is 11.8 Å². The minimum absolute atomic E-state index is 0.102. The van der Waals surface area contributed by atoms with Gasteiger partial charge in [-0.1, -0.05) is 6.92 Å². The molecule has 1 unspecified atom stereocenters. The number of nitrogens with zero attached hydrogens (tertiary/aromatic N) is 2. The number of nitrogens with one attached hydrogen (secondary N) is 3. The van der Waals surface area contributed by atoms with E-state index in [1.54, 1.807) is 38.1 Å². The van der Waals surface area contributed by atoms with Gasteiger partial charge in [-0.15, -0.1) is 0 Å². The Hall–Kier alpha value is -3.49. The highest BCUT2D eigenvalue weighted by molar-refractivity contribution is 5.95. The van der Waals surface area contributed by atoms with Crippen molar-refractivity contribution in [1.82, 2.24) is 20.4 Å². The summed E-state index contributed by atoms with van der Waals surface area (Å²) in [5, 5.41) is 11.9. The Labute approximate surface area is 162 Å². The molecule has 0 aliphatic rings. The molecule has 0 spiro atoms. The van der Waals surface area contributed by atoms with Gasteiger partial charge in [-0.2, -0.15) is 5.10 Å². The van der Waals surface area contributed by atoms with E-state index in [0.717, 1.165) is 4.68 Å². The summed E-state index contributed by atoms with van der Waals surface area (Å²) >= 11 is 0. The molecule has 1 aromatic carbocycles. The van der Waals surface area contributed by atoms with Crippen LogP contribution in [0.1, 0.15) is 36.7 Å². The van der Waals surface area contributed by atoms with Gasteiger partial charge in [0, 0.05) is 43.0 Å². The van der Waals surface area contributed by atoms with Gasteiger partial charge in [0.15, 0.2) is 0 Å². The van der Waals surface area contributed by atoms with Crippen LogP contribution in [0.15, 0.2) is 47.4 Å². The fraction of sp³-hybridized carbons (Fsp3) is 0.316. The van der Waals surface area contributed by atoms with Crippen molar-refractivity contribution in [2.45, 2.75) is 26.3 Å². The number of amides is 3. The molecular weight excluding hydrogens is 362 g/mol. The van der Waals surface area contributed by atoms with Crippen LogP contribution < -0.4 is 21.5 Å². The zero-order valence-electron chi connectivity index (χ0n) is 15.8. The minimum Gasteiger partial charge on any atom is -0.352 e. The van der Waals surface area contributed by atoms with Crippen molar-refractivity contribution < 1.29 is 14.4 Å². The summed E-state index contributed by atoms with van der Waals surface area (Å²) in [5.41, 5.74) is 0.695. The second-order valence-electron chi connectivity index (χ2n) is 6.01. The number of carbonyl (C=O) groups is 3. The Morgan fingerprint density at radius 1 is 1.07 bits per heavy atom. The number of hydrogen-bond acceptors (Lipinski definition) is 5. The fourth-order valence-electron chi connectivity index (χ4n) is 2.34. The highest BCUT2D eigenvalue weighted by Crippen LogP contribution is 2.09. The van der Waals surface area contributed by atoms with Crippen molar-refractivity contribution in [3.63, 3.8) is 0 Å². The molecule has 0 bridgehead atoms. The molecule has 2 rings (SSSR count). The Morgan fingerprint density at radius 2 is 1.75 bits per heavy atom. The molecule has 1 heterocycles. The molecule has 0 aliphatic heterocycles. The first-order valence-corrected chi connectivity index (χ1v) is 8.92. The average molecular weight is 385 g/mol. The smallest absolute Gasteiger partial charge is 0.267 e. The van der Waals surface area contributed by atoms with E-state index in [4.69, 9.17) is 0 Å². The van der Waals surface area contributed by atoms with E-state index in [1.165, 1.54) is 18.3 Å². The molecule has 0 saturated carbocycles. The van der Waals surface area contributed by atoms with Crippen LogP contribution in [0, 0.1) is 0 Å². The van der Waals surface area contributed by atoms with Crippen LogP contribution in [0.25, 0.3) is 0 Å². The molecule has 1 aromatic heterocycles. The Morgan fingerprint density at radius 3 is 2.39 bits per heavy atom. The van der Waals surface area contributed by atoms with Crippen molar-refractivity contribution in [2.75, 3.05) is 18.4 Å². The number of anilines is 1. The van der Waals surface area contributed by atoms with Crippen molar-refractivity contribution >= 4 is 23.4 Å². The molecule has 0 aliphatic carbocycles. The highest BCUT2D eigenvalue weighted by atomic mass is 16.2. The predicted octanol–water partition coefficient (Wildman–Crippen LogP) is 0.699. The van der Waals surface area contributed by atoms with Crippen molar-refractivity contribution in [2.24, 2.45) is 0 Å². The van der Waals surface area contributed by atoms with E-state index in [-0.39, 0.29) is 36.4 Å². The maximum absolute atomic E-state index is 12.1. The maximum atomic E-state index is 12.1. The van der Waals surface area contributed by atoms with E-state index in [9.17, 15) is 19.2 Å². The summed E-state index contributed by atoms with van der Waals surface area (Å²) in [7, 11) is 0. The first-order valence-electron chi connectivity index (χ1n) is 8.92. The molecule has 9 heteroatoms. The van der Waals surface area contributed by atoms with Crippen LogP contribution in [0.5, 0.6) is 0 Å². The first-order chi connectivity index (χ1) is 13.4. The van der Waals surface area contributed by atoms with Crippen LogP contribution in [0.2, 0.25) is 0 Å². The van der Waals surface area contributed by atoms with E-state index in [2.05, 4.69) is 21.0 Å². The first kappa shape index (κ1) is 20.8. The molecule has 3 amide bonds. The second kappa shape index (κ2) is 10.0. The van der Waals surface area contributed by atoms with Gasteiger partial charge in [0.25, 0.3) is 11.5 Å². The van der Waals surface area contributed by atoms with E-state index >= 15 is 0 Å². The third-order valence-corrected chi connectivity index (χ3v) is 3.95. The third-order valence-electron chi connectivity index (χ3n) is 3.95. The number of benzene rings is 1. The quantitative estimate of drug-likeness (QED) is 0.578. The van der Waals surface area contributed by atoms with Crippen LogP contribution in [-0.4, -0.2) is 40.6 Å². The number of rotatable bonds is 8. The standard InChI is InChI=1S/C19H23N5O4/c1-3-16(25)23-15-8-6-14(7-9-15)19(28)21-12-11-20-18(27)13(2)24-17(26)5-4-10-22-24/h4-10,13H,3,11-12H2,1-2H3,(H,20,27)(H,21,28)(H,23,25). The molecular formula is C19H23N5O4. The number of carbonyl (C=O) groups excluding carboxylic acids is 3. The van der Waals surface area contributed by atoms with Gasteiger partial charge in [-0.3, -0.25) is 19.2 Å². The lowest BCUT2D eigenvalue weighted by molar-refractivity contribution is -0.124. The Kier molecular flexibility index (Phi) is 7.44. The van der Waals surface area contributed by atoms with E-state index in [1.807, 2.05) is 0 Å². The van der Waals surface area contributed by atoms with Gasteiger partial charge in [0.05, 0.1) is 0 Å². The maximum Gasteiger partial charge on any atom is 0.267 e. The minimum atomic E-state index is -0.754. The van der Waals surface area contributed by atoms with Gasteiger partial charge >= 0.3 is 0 Å². The van der Waals surface area contributed by atoms with Crippen LogP contribution in [-0.2, 0) is 9.59 Å². The Bertz CT molecular complexity index is 892. The van der Waals surface area contributed by atoms with Crippen LogP contribution in [0.4, 0.5) is 5.69 Å². The largest absolute Gasteiger partial charge is 0.352 e. The highest BCUT2D eigenvalue weighted by Gasteiger charge is 2.16. The summed E-state index contributed by atoms with van der Waals surface area (Å²) in [4.78, 5) is 47.2. The van der Waals surface area contributed by atoms with Gasteiger partial charge in [-0.25, -0.2) is 4.68 Å². The molecule has 2 aromatic rings. The SMILES string of the molecule is CCC(=O)Nc1ccc(C(=O)NCCNC(=O)C(C)n2ncccc2=O)cc1. The zero-order chi connectivity index (χ0) is 20.5. The molecule has 148 valence electrons. The number of aromatic nitrogens is 2. The molecule has 9 nitrogen and oxygen atoms in total. The van der Waals surface area contributed by atoms with Crippen molar-refractivity contribution in [3.8, 4) is 0 Å². The monoisotopic (exact) mass is 385 g/mol. The molecule has 0 saturated heterocycles. The molecule has 0 radical (unpaired) electrons. The Balaban J connectivity index is 1.77. The summed E-state index contributed by atoms with van der Waals surface area (Å²) in [5.74, 6) is -0.766. The topological polar surface area (TPSA) is 122 Å². The average Bonchev–Trinajstić information content (AvgIpc) is 2.71. The zero-order valence-corrected chi connectivity index (χ0v) is 15.8. The lowest BCUT2D eigenvalue weighted by Crippen LogP contribution is -2.40. The van der Waals surface area contributed by atoms with Gasteiger partial charge in [-0.05, 0) is 37.3 Å². The van der Waals surface area contributed by atoms with E-state index < -0.39 is 6.04 Å². The summed E-state index contributed by atoms with van der Waals surface area (Å²) in [6.45, 7) is 3.76. The summed E-state index contributed by atoms with van der Waals surface area (Å²) in [6.07, 6.45) is 1.81. The van der Waals surface area contributed by atoms with Crippen molar-refractivity contribution in [3.05, 3.63) is 58.5 Å². The number of hydrogen-bond donors (Lipinski definition) is 3. The fourth-order valence-corrected chi connectivity index (χ4v) is 2.34. The molecule has 28 heavy (non-hydrogen) atoms. The lowest BCUT2D eigenvalue weighted by atomic mass is 10.2. The molecule has 1 atom stereocenters. The van der Waals surface area contributed by atoms with Crippen molar-refractivity contribution in [1.29, 1.82) is 0 Å².